The third kappa shape index (κ3) is 3.65. The fraction of sp³-hybridized carbons (Fsp3) is 0.625. The smallest absolute Gasteiger partial charge is 0.240 e. The number of hydrogen-bond donors (Lipinski definition) is 2. The first-order chi connectivity index (χ1) is 10.1. The van der Waals surface area contributed by atoms with Crippen LogP contribution in [0.4, 0.5) is 0 Å². The molecule has 3 rings (SSSR count). The van der Waals surface area contributed by atoms with Gasteiger partial charge in [0.15, 0.2) is 0 Å². The van der Waals surface area contributed by atoms with Crippen molar-refractivity contribution in [2.45, 2.75) is 69.0 Å². The third-order valence-electron chi connectivity index (χ3n) is 4.45. The highest BCUT2D eigenvalue weighted by atomic mass is 32.2. The van der Waals surface area contributed by atoms with E-state index in [1.807, 2.05) is 12.1 Å². The Morgan fingerprint density at radius 3 is 2.43 bits per heavy atom. The van der Waals surface area contributed by atoms with Gasteiger partial charge in [-0.25, -0.2) is 13.1 Å². The second-order valence-corrected chi connectivity index (χ2v) is 7.90. The molecule has 2 fully saturated rings. The number of nitrogens with one attached hydrogen (secondary N) is 2. The highest BCUT2D eigenvalue weighted by molar-refractivity contribution is 7.89. The van der Waals surface area contributed by atoms with Gasteiger partial charge in [-0.15, -0.1) is 0 Å². The summed E-state index contributed by atoms with van der Waals surface area (Å²) in [4.78, 5) is 0.402. The molecule has 0 spiro atoms. The molecular weight excluding hydrogens is 284 g/mol. The number of sulfonamides is 1. The summed E-state index contributed by atoms with van der Waals surface area (Å²) in [6.07, 6.45) is 6.45. The summed E-state index contributed by atoms with van der Waals surface area (Å²) in [5, 5.41) is 3.47. The summed E-state index contributed by atoms with van der Waals surface area (Å²) < 4.78 is 27.6. The Morgan fingerprint density at radius 1 is 1.10 bits per heavy atom. The van der Waals surface area contributed by atoms with Crippen molar-refractivity contribution in [1.29, 1.82) is 0 Å². The van der Waals surface area contributed by atoms with E-state index in [4.69, 9.17) is 0 Å². The van der Waals surface area contributed by atoms with Crippen LogP contribution in [0, 0.1) is 0 Å². The number of rotatable bonds is 7. The molecule has 0 unspecified atom stereocenters. The van der Waals surface area contributed by atoms with Gasteiger partial charge in [0.2, 0.25) is 10.0 Å². The Bertz CT molecular complexity index is 605. The normalized spacial score (nSPS) is 19.5. The van der Waals surface area contributed by atoms with Gasteiger partial charge in [-0.1, -0.05) is 19.4 Å². The second-order valence-electron chi connectivity index (χ2n) is 6.19. The molecule has 21 heavy (non-hydrogen) atoms. The molecule has 0 amide bonds. The van der Waals surface area contributed by atoms with E-state index in [2.05, 4.69) is 17.0 Å². The Labute approximate surface area is 127 Å². The number of aryl methyl sites for hydroxylation is 1. The maximum Gasteiger partial charge on any atom is 0.240 e. The molecule has 5 heteroatoms. The SMILES string of the molecule is CCc1ccc(S(=O)(=O)NC2CCC2)cc1CNC1CC1. The minimum absolute atomic E-state index is 0.133. The minimum atomic E-state index is -3.37. The molecule has 0 aliphatic heterocycles. The fourth-order valence-electron chi connectivity index (χ4n) is 2.63. The van der Waals surface area contributed by atoms with Gasteiger partial charge in [0.1, 0.15) is 0 Å². The van der Waals surface area contributed by atoms with Crippen LogP contribution in [0.2, 0.25) is 0 Å². The molecule has 0 radical (unpaired) electrons. The van der Waals surface area contributed by atoms with Gasteiger partial charge in [-0.3, -0.25) is 0 Å². The van der Waals surface area contributed by atoms with E-state index in [9.17, 15) is 8.42 Å². The third-order valence-corrected chi connectivity index (χ3v) is 5.97. The van der Waals surface area contributed by atoms with Gasteiger partial charge in [0, 0.05) is 18.6 Å². The van der Waals surface area contributed by atoms with E-state index >= 15 is 0 Å². The molecule has 0 aromatic heterocycles. The Morgan fingerprint density at radius 2 is 1.86 bits per heavy atom. The lowest BCUT2D eigenvalue weighted by Gasteiger charge is -2.26. The topological polar surface area (TPSA) is 58.2 Å². The fourth-order valence-corrected chi connectivity index (χ4v) is 3.99. The van der Waals surface area contributed by atoms with Gasteiger partial charge in [-0.2, -0.15) is 0 Å². The Balaban J connectivity index is 1.78. The first kappa shape index (κ1) is 15.0. The monoisotopic (exact) mass is 308 g/mol. The van der Waals surface area contributed by atoms with Gasteiger partial charge in [0.25, 0.3) is 0 Å². The average molecular weight is 308 g/mol. The van der Waals surface area contributed by atoms with Crippen LogP contribution in [0.1, 0.15) is 50.2 Å². The molecule has 2 N–H and O–H groups in total. The van der Waals surface area contributed by atoms with Crippen molar-refractivity contribution in [3.8, 4) is 0 Å². The first-order valence-electron chi connectivity index (χ1n) is 7.96. The molecule has 2 saturated carbocycles. The summed E-state index contributed by atoms with van der Waals surface area (Å²) in [5.41, 5.74) is 2.34. The van der Waals surface area contributed by atoms with Crippen molar-refractivity contribution in [1.82, 2.24) is 10.0 Å². The molecule has 1 aromatic carbocycles. The maximum absolute atomic E-state index is 12.4. The molecular formula is C16H24N2O2S. The molecule has 2 aliphatic rings. The van der Waals surface area contributed by atoms with E-state index in [1.165, 1.54) is 18.4 Å². The van der Waals surface area contributed by atoms with Gasteiger partial charge < -0.3 is 5.32 Å². The molecule has 0 heterocycles. The van der Waals surface area contributed by atoms with Gasteiger partial charge in [0.05, 0.1) is 4.90 Å². The molecule has 4 nitrogen and oxygen atoms in total. The van der Waals surface area contributed by atoms with Gasteiger partial charge in [-0.05, 0) is 55.4 Å². The first-order valence-corrected chi connectivity index (χ1v) is 9.44. The van der Waals surface area contributed by atoms with Crippen molar-refractivity contribution in [2.75, 3.05) is 0 Å². The predicted molar refractivity (Wildman–Crippen MR) is 83.6 cm³/mol. The molecule has 0 atom stereocenters. The summed E-state index contributed by atoms with van der Waals surface area (Å²) in [6, 6.07) is 6.30. The van der Waals surface area contributed by atoms with E-state index in [1.54, 1.807) is 6.07 Å². The molecule has 2 aliphatic carbocycles. The summed E-state index contributed by atoms with van der Waals surface area (Å²) in [7, 11) is -3.37. The van der Waals surface area contributed by atoms with Crippen LogP contribution in [0.3, 0.4) is 0 Å². The zero-order chi connectivity index (χ0) is 14.9. The van der Waals surface area contributed by atoms with Crippen molar-refractivity contribution in [2.24, 2.45) is 0 Å². The van der Waals surface area contributed by atoms with Crippen LogP contribution < -0.4 is 10.0 Å². The number of benzene rings is 1. The molecule has 0 bridgehead atoms. The Hall–Kier alpha value is -0.910. The predicted octanol–water partition coefficient (Wildman–Crippen LogP) is 2.33. The summed E-state index contributed by atoms with van der Waals surface area (Å²) in [6.45, 7) is 2.87. The summed E-state index contributed by atoms with van der Waals surface area (Å²) in [5.74, 6) is 0. The number of hydrogen-bond acceptors (Lipinski definition) is 3. The highest BCUT2D eigenvalue weighted by Gasteiger charge is 2.25. The Kier molecular flexibility index (Phi) is 4.33. The zero-order valence-corrected chi connectivity index (χ0v) is 13.4. The van der Waals surface area contributed by atoms with Crippen LogP contribution in [-0.4, -0.2) is 20.5 Å². The zero-order valence-electron chi connectivity index (χ0n) is 12.6. The van der Waals surface area contributed by atoms with Crippen LogP contribution in [0.15, 0.2) is 23.1 Å². The van der Waals surface area contributed by atoms with Crippen LogP contribution in [-0.2, 0) is 23.0 Å². The van der Waals surface area contributed by atoms with E-state index in [-0.39, 0.29) is 6.04 Å². The molecule has 1 aromatic rings. The standard InChI is InChI=1S/C16H24N2O2S/c1-2-12-6-9-16(10-13(12)11-17-14-7-8-14)21(19,20)18-15-4-3-5-15/h6,9-10,14-15,17-18H,2-5,7-8,11H2,1H3. The molecule has 116 valence electrons. The maximum atomic E-state index is 12.4. The van der Waals surface area contributed by atoms with Crippen molar-refractivity contribution >= 4 is 10.0 Å². The quantitative estimate of drug-likeness (QED) is 0.813. The highest BCUT2D eigenvalue weighted by Crippen LogP contribution is 2.24. The van der Waals surface area contributed by atoms with Gasteiger partial charge >= 0.3 is 0 Å². The van der Waals surface area contributed by atoms with Crippen molar-refractivity contribution in [3.05, 3.63) is 29.3 Å². The van der Waals surface area contributed by atoms with Crippen molar-refractivity contribution in [3.63, 3.8) is 0 Å². The van der Waals surface area contributed by atoms with E-state index < -0.39 is 10.0 Å². The lowest BCUT2D eigenvalue weighted by atomic mass is 9.94. The molecule has 0 saturated heterocycles. The second kappa shape index (κ2) is 6.07. The minimum Gasteiger partial charge on any atom is -0.310 e. The van der Waals surface area contributed by atoms with Crippen molar-refractivity contribution < 1.29 is 8.42 Å². The average Bonchev–Trinajstić information content (AvgIpc) is 3.24. The lowest BCUT2D eigenvalue weighted by Crippen LogP contribution is -2.39. The van der Waals surface area contributed by atoms with Crippen LogP contribution >= 0.6 is 0 Å². The van der Waals surface area contributed by atoms with Crippen LogP contribution in [0.25, 0.3) is 0 Å². The summed E-state index contributed by atoms with van der Waals surface area (Å²) >= 11 is 0. The lowest BCUT2D eigenvalue weighted by molar-refractivity contribution is 0.383. The van der Waals surface area contributed by atoms with E-state index in [0.29, 0.717) is 10.9 Å². The van der Waals surface area contributed by atoms with E-state index in [0.717, 1.165) is 37.8 Å². The van der Waals surface area contributed by atoms with Crippen LogP contribution in [0.5, 0.6) is 0 Å². The largest absolute Gasteiger partial charge is 0.310 e.